The van der Waals surface area contributed by atoms with Gasteiger partial charge in [0.15, 0.2) is 11.6 Å². The predicted octanol–water partition coefficient (Wildman–Crippen LogP) is 3.33. The van der Waals surface area contributed by atoms with Gasteiger partial charge in [-0.3, -0.25) is 0 Å². The van der Waals surface area contributed by atoms with Gasteiger partial charge in [0.1, 0.15) is 0 Å². The molecule has 1 aromatic rings. The number of aromatic nitrogens is 1. The lowest BCUT2D eigenvalue weighted by Crippen LogP contribution is -2.28. The van der Waals surface area contributed by atoms with E-state index >= 15 is 0 Å². The van der Waals surface area contributed by atoms with Gasteiger partial charge in [-0.15, -0.1) is 0 Å². The van der Waals surface area contributed by atoms with Crippen LogP contribution in [0.1, 0.15) is 45.6 Å². The maximum Gasteiger partial charge on any atom is 0.170 e. The molecule has 1 atom stereocenters. The van der Waals surface area contributed by atoms with Crippen molar-refractivity contribution in [2.45, 2.75) is 46.6 Å². The van der Waals surface area contributed by atoms with Crippen LogP contribution in [0.25, 0.3) is 0 Å². The molecule has 0 radical (unpaired) electrons. The van der Waals surface area contributed by atoms with Crippen molar-refractivity contribution < 1.29 is 4.39 Å². The minimum Gasteiger partial charge on any atom is -0.354 e. The fourth-order valence-electron chi connectivity index (χ4n) is 3.02. The van der Waals surface area contributed by atoms with Crippen molar-refractivity contribution >= 4 is 5.82 Å². The van der Waals surface area contributed by atoms with E-state index in [0.29, 0.717) is 22.7 Å². The highest BCUT2D eigenvalue weighted by Crippen LogP contribution is 2.35. The normalized spacial score (nSPS) is 20.9. The summed E-state index contributed by atoms with van der Waals surface area (Å²) in [7, 11) is 0. The molecule has 0 bridgehead atoms. The Hall–Kier alpha value is -1.16. The second-order valence-electron chi connectivity index (χ2n) is 6.79. The molecular formula is C16H26FN3. The van der Waals surface area contributed by atoms with Gasteiger partial charge < -0.3 is 10.6 Å². The van der Waals surface area contributed by atoms with Crippen LogP contribution in [-0.2, 0) is 6.54 Å². The Labute approximate surface area is 121 Å². The highest BCUT2D eigenvalue weighted by molar-refractivity contribution is 5.43. The molecule has 2 rings (SSSR count). The van der Waals surface area contributed by atoms with E-state index in [4.69, 9.17) is 5.73 Å². The van der Waals surface area contributed by atoms with E-state index in [2.05, 4.69) is 30.7 Å². The molecule has 0 spiro atoms. The smallest absolute Gasteiger partial charge is 0.170 e. The second-order valence-corrected chi connectivity index (χ2v) is 6.79. The van der Waals surface area contributed by atoms with Gasteiger partial charge in [0, 0.05) is 31.4 Å². The van der Waals surface area contributed by atoms with Crippen molar-refractivity contribution in [3.63, 3.8) is 0 Å². The molecule has 2 N–H and O–H groups in total. The van der Waals surface area contributed by atoms with Crippen LogP contribution in [0.2, 0.25) is 0 Å². The highest BCUT2D eigenvalue weighted by atomic mass is 19.1. The summed E-state index contributed by atoms with van der Waals surface area (Å²) in [6.07, 6.45) is 5.05. The zero-order chi connectivity index (χ0) is 14.8. The molecule has 4 heteroatoms. The molecule has 0 aliphatic carbocycles. The highest BCUT2D eigenvalue weighted by Gasteiger charge is 2.28. The Morgan fingerprint density at radius 2 is 2.10 bits per heavy atom. The van der Waals surface area contributed by atoms with Crippen molar-refractivity contribution in [1.82, 2.24) is 4.98 Å². The van der Waals surface area contributed by atoms with Crippen LogP contribution in [0.5, 0.6) is 0 Å². The summed E-state index contributed by atoms with van der Waals surface area (Å²) >= 11 is 0. The van der Waals surface area contributed by atoms with Crippen molar-refractivity contribution in [3.8, 4) is 0 Å². The Morgan fingerprint density at radius 1 is 1.35 bits per heavy atom. The van der Waals surface area contributed by atoms with Gasteiger partial charge in [-0.2, -0.15) is 0 Å². The van der Waals surface area contributed by atoms with Gasteiger partial charge in [-0.25, -0.2) is 9.37 Å². The summed E-state index contributed by atoms with van der Waals surface area (Å²) in [5, 5.41) is 0. The number of hydrogen-bond acceptors (Lipinski definition) is 3. The summed E-state index contributed by atoms with van der Waals surface area (Å²) in [5.74, 6) is 0.917. The summed E-state index contributed by atoms with van der Waals surface area (Å²) in [4.78, 5) is 6.32. The number of anilines is 1. The van der Waals surface area contributed by atoms with E-state index in [-0.39, 0.29) is 12.4 Å². The Balaban J connectivity index is 2.15. The van der Waals surface area contributed by atoms with Crippen LogP contribution in [-0.4, -0.2) is 18.1 Å². The molecule has 1 aliphatic rings. The standard InChI is InChI=1S/C16H26FN3/c1-16(2,3)13-5-4-9-20(10-7-13)15-14(17)12(11-18)6-8-19-15/h6,8,13H,4-5,7,9-11,18H2,1-3H3. The van der Waals surface area contributed by atoms with Gasteiger partial charge in [0.25, 0.3) is 0 Å². The van der Waals surface area contributed by atoms with E-state index in [1.807, 2.05) is 0 Å². The third kappa shape index (κ3) is 3.29. The van der Waals surface area contributed by atoms with Gasteiger partial charge >= 0.3 is 0 Å². The van der Waals surface area contributed by atoms with Gasteiger partial charge in [-0.05, 0) is 36.7 Å². The third-order valence-electron chi connectivity index (χ3n) is 4.42. The lowest BCUT2D eigenvalue weighted by molar-refractivity contribution is 0.220. The minimum absolute atomic E-state index is 0.222. The minimum atomic E-state index is -0.246. The monoisotopic (exact) mass is 279 g/mol. The van der Waals surface area contributed by atoms with Crippen molar-refractivity contribution in [2.24, 2.45) is 17.1 Å². The number of nitrogens with two attached hydrogens (primary N) is 1. The average molecular weight is 279 g/mol. The summed E-state index contributed by atoms with van der Waals surface area (Å²) in [6.45, 7) is 8.85. The first-order valence-corrected chi connectivity index (χ1v) is 7.52. The SMILES string of the molecule is CC(C)(C)C1CCCN(c2nccc(CN)c2F)CC1. The molecule has 20 heavy (non-hydrogen) atoms. The van der Waals surface area contributed by atoms with Crippen molar-refractivity contribution in [1.29, 1.82) is 0 Å². The van der Waals surface area contributed by atoms with E-state index in [1.165, 1.54) is 6.42 Å². The fourth-order valence-corrected chi connectivity index (χ4v) is 3.02. The maximum absolute atomic E-state index is 14.3. The molecule has 1 unspecified atom stereocenters. The summed E-state index contributed by atoms with van der Waals surface area (Å²) < 4.78 is 14.3. The van der Waals surface area contributed by atoms with Crippen molar-refractivity contribution in [3.05, 3.63) is 23.6 Å². The van der Waals surface area contributed by atoms with E-state index < -0.39 is 0 Å². The van der Waals surface area contributed by atoms with Crippen LogP contribution >= 0.6 is 0 Å². The maximum atomic E-state index is 14.3. The molecule has 0 saturated carbocycles. The molecule has 3 nitrogen and oxygen atoms in total. The Kier molecular flexibility index (Phi) is 4.63. The molecule has 0 aromatic carbocycles. The fraction of sp³-hybridized carbons (Fsp3) is 0.688. The molecule has 1 fully saturated rings. The average Bonchev–Trinajstić information content (AvgIpc) is 2.64. The lowest BCUT2D eigenvalue weighted by atomic mass is 9.77. The first kappa shape index (κ1) is 15.2. The topological polar surface area (TPSA) is 42.2 Å². The Bertz CT molecular complexity index is 454. The molecule has 1 aliphatic heterocycles. The van der Waals surface area contributed by atoms with E-state index in [1.54, 1.807) is 12.3 Å². The van der Waals surface area contributed by atoms with Crippen LogP contribution in [0, 0.1) is 17.2 Å². The van der Waals surface area contributed by atoms with Gasteiger partial charge in [0.2, 0.25) is 0 Å². The summed E-state index contributed by atoms with van der Waals surface area (Å²) in [5.41, 5.74) is 6.44. The molecule has 0 amide bonds. The largest absolute Gasteiger partial charge is 0.354 e. The number of rotatable bonds is 2. The first-order chi connectivity index (χ1) is 9.43. The van der Waals surface area contributed by atoms with E-state index in [0.717, 1.165) is 25.9 Å². The van der Waals surface area contributed by atoms with Crippen LogP contribution in [0.3, 0.4) is 0 Å². The van der Waals surface area contributed by atoms with Crippen molar-refractivity contribution in [2.75, 3.05) is 18.0 Å². The summed E-state index contributed by atoms with van der Waals surface area (Å²) in [6, 6.07) is 1.66. The number of pyridine rings is 1. The van der Waals surface area contributed by atoms with Gasteiger partial charge in [0.05, 0.1) is 0 Å². The number of hydrogen-bond donors (Lipinski definition) is 1. The molecule has 2 heterocycles. The van der Waals surface area contributed by atoms with Gasteiger partial charge in [-0.1, -0.05) is 20.8 Å². The molecule has 1 aromatic heterocycles. The third-order valence-corrected chi connectivity index (χ3v) is 4.42. The van der Waals surface area contributed by atoms with Crippen LogP contribution in [0.4, 0.5) is 10.2 Å². The molecule has 112 valence electrons. The quantitative estimate of drug-likeness (QED) is 0.903. The van der Waals surface area contributed by atoms with E-state index in [9.17, 15) is 4.39 Å². The second kappa shape index (κ2) is 6.08. The molecule has 1 saturated heterocycles. The number of halogens is 1. The zero-order valence-corrected chi connectivity index (χ0v) is 12.8. The van der Waals surface area contributed by atoms with Crippen LogP contribution < -0.4 is 10.6 Å². The van der Waals surface area contributed by atoms with Crippen LogP contribution in [0.15, 0.2) is 12.3 Å². The lowest BCUT2D eigenvalue weighted by Gasteiger charge is -2.30. The first-order valence-electron chi connectivity index (χ1n) is 7.52. The molecular weight excluding hydrogens is 253 g/mol. The number of nitrogens with zero attached hydrogens (tertiary/aromatic N) is 2. The zero-order valence-electron chi connectivity index (χ0n) is 12.8. The Morgan fingerprint density at radius 3 is 2.75 bits per heavy atom. The predicted molar refractivity (Wildman–Crippen MR) is 81.1 cm³/mol.